The lowest BCUT2D eigenvalue weighted by Crippen LogP contribution is -2.39. The van der Waals surface area contributed by atoms with E-state index in [1.165, 1.54) is 12.1 Å². The van der Waals surface area contributed by atoms with Crippen LogP contribution in [0.15, 0.2) is 109 Å². The number of para-hydroxylation sites is 2. The number of rotatable bonds is 9. The predicted octanol–water partition coefficient (Wildman–Crippen LogP) is 7.41. The zero-order chi connectivity index (χ0) is 32.0. The van der Waals surface area contributed by atoms with Crippen molar-refractivity contribution in [2.45, 2.75) is 37.8 Å². The maximum absolute atomic E-state index is 12.7. The van der Waals surface area contributed by atoms with Crippen molar-refractivity contribution in [3.63, 3.8) is 0 Å². The van der Waals surface area contributed by atoms with Gasteiger partial charge in [-0.1, -0.05) is 36.4 Å². The summed E-state index contributed by atoms with van der Waals surface area (Å²) in [7, 11) is 0. The van der Waals surface area contributed by atoms with Crippen molar-refractivity contribution < 1.29 is 34.1 Å². The lowest BCUT2D eigenvalue weighted by molar-refractivity contribution is 0.0697. The molecule has 0 saturated heterocycles. The highest BCUT2D eigenvalue weighted by molar-refractivity contribution is 6.07. The molecule has 46 heavy (non-hydrogen) atoms. The molecule has 0 radical (unpaired) electrons. The number of phenols is 1. The van der Waals surface area contributed by atoms with E-state index in [0.29, 0.717) is 17.1 Å². The number of carboxylic acids is 1. The van der Waals surface area contributed by atoms with E-state index in [0.717, 1.165) is 42.2 Å². The van der Waals surface area contributed by atoms with Crippen molar-refractivity contribution in [1.82, 2.24) is 5.32 Å². The molecule has 1 aliphatic carbocycles. The molecule has 0 atom stereocenters. The second kappa shape index (κ2) is 13.4. The fourth-order valence-electron chi connectivity index (χ4n) is 5.57. The third-order valence-electron chi connectivity index (χ3n) is 8.00. The number of fused-ring (bicyclic) bond motifs is 1. The van der Waals surface area contributed by atoms with E-state index in [1.54, 1.807) is 60.7 Å². The number of carbonyl (C=O) groups excluding carboxylic acids is 2. The molecule has 0 bridgehead atoms. The van der Waals surface area contributed by atoms with Crippen LogP contribution in [0.3, 0.4) is 0 Å². The smallest absolute Gasteiger partial charge is 0.337 e. The van der Waals surface area contributed by atoms with E-state index in [9.17, 15) is 24.6 Å². The van der Waals surface area contributed by atoms with Crippen LogP contribution in [0.25, 0.3) is 10.8 Å². The molecule has 9 nitrogen and oxygen atoms in total. The van der Waals surface area contributed by atoms with Crippen LogP contribution < -0.4 is 20.1 Å². The number of phenolic OH excluding ortho intramolecular Hbond substituents is 1. The third kappa shape index (κ3) is 7.10. The fourth-order valence-corrected chi connectivity index (χ4v) is 5.57. The maximum atomic E-state index is 12.7. The maximum Gasteiger partial charge on any atom is 0.337 e. The monoisotopic (exact) mass is 616 g/mol. The molecule has 2 amide bonds. The Labute approximate surface area is 265 Å². The Morgan fingerprint density at radius 3 is 1.96 bits per heavy atom. The van der Waals surface area contributed by atoms with Gasteiger partial charge in [0.2, 0.25) is 0 Å². The molecule has 6 rings (SSSR count). The zero-order valence-electron chi connectivity index (χ0n) is 24.8. The highest BCUT2D eigenvalue weighted by Crippen LogP contribution is 2.31. The van der Waals surface area contributed by atoms with Gasteiger partial charge < -0.3 is 30.3 Å². The first-order valence-corrected chi connectivity index (χ1v) is 15.0. The van der Waals surface area contributed by atoms with Crippen LogP contribution in [0.5, 0.6) is 23.0 Å². The van der Waals surface area contributed by atoms with E-state index in [1.807, 2.05) is 36.4 Å². The van der Waals surface area contributed by atoms with Gasteiger partial charge in [0.25, 0.3) is 11.8 Å². The summed E-state index contributed by atoms with van der Waals surface area (Å²) in [6.07, 6.45) is 3.26. The first kappa shape index (κ1) is 30.2. The fraction of sp³-hybridized carbons (Fsp3) is 0.162. The molecule has 0 unspecified atom stereocenters. The van der Waals surface area contributed by atoms with Crippen molar-refractivity contribution in [3.05, 3.63) is 126 Å². The molecule has 1 saturated carbocycles. The van der Waals surface area contributed by atoms with Crippen LogP contribution in [0.2, 0.25) is 0 Å². The minimum absolute atomic E-state index is 0.0162. The summed E-state index contributed by atoms with van der Waals surface area (Å²) in [5.41, 5.74) is 0.891. The Morgan fingerprint density at radius 1 is 0.652 bits per heavy atom. The predicted molar refractivity (Wildman–Crippen MR) is 174 cm³/mol. The van der Waals surface area contributed by atoms with Crippen LogP contribution in [0, 0.1) is 0 Å². The van der Waals surface area contributed by atoms with Crippen LogP contribution in [0.1, 0.15) is 56.8 Å². The summed E-state index contributed by atoms with van der Waals surface area (Å²) in [5.74, 6) is 0.142. The van der Waals surface area contributed by atoms with Gasteiger partial charge in [-0.15, -0.1) is 0 Å². The molecule has 5 aromatic carbocycles. The summed E-state index contributed by atoms with van der Waals surface area (Å²) in [5, 5.41) is 26.9. The molecule has 0 aromatic heterocycles. The number of hydrogen-bond acceptors (Lipinski definition) is 6. The van der Waals surface area contributed by atoms with Gasteiger partial charge in [0.1, 0.15) is 23.0 Å². The molecule has 4 N–H and O–H groups in total. The normalized spacial score (nSPS) is 15.9. The molecule has 232 valence electrons. The van der Waals surface area contributed by atoms with Gasteiger partial charge in [-0.05, 0) is 109 Å². The van der Waals surface area contributed by atoms with Crippen molar-refractivity contribution >= 4 is 34.2 Å². The highest BCUT2D eigenvalue weighted by Gasteiger charge is 2.25. The lowest BCUT2D eigenvalue weighted by Gasteiger charge is -2.29. The number of hydrogen-bond donors (Lipinski definition) is 4. The molecule has 1 aliphatic rings. The Bertz CT molecular complexity index is 1900. The number of benzene rings is 5. The van der Waals surface area contributed by atoms with E-state index < -0.39 is 11.9 Å². The van der Waals surface area contributed by atoms with Crippen LogP contribution in [-0.4, -0.2) is 40.1 Å². The number of nitrogens with one attached hydrogen (secondary N) is 2. The molecule has 1 fully saturated rings. The number of anilines is 1. The van der Waals surface area contributed by atoms with Crippen molar-refractivity contribution in [3.8, 4) is 23.0 Å². The number of amides is 2. The second-order valence-corrected chi connectivity index (χ2v) is 11.2. The Hall–Kier alpha value is -5.83. The van der Waals surface area contributed by atoms with Crippen molar-refractivity contribution in [2.24, 2.45) is 0 Å². The van der Waals surface area contributed by atoms with Gasteiger partial charge in [0.15, 0.2) is 0 Å². The van der Waals surface area contributed by atoms with Gasteiger partial charge >= 0.3 is 5.97 Å². The largest absolute Gasteiger partial charge is 0.507 e. The average Bonchev–Trinajstić information content (AvgIpc) is 3.06. The van der Waals surface area contributed by atoms with Gasteiger partial charge in [0, 0.05) is 11.6 Å². The molecule has 0 spiro atoms. The first-order chi connectivity index (χ1) is 22.3. The van der Waals surface area contributed by atoms with Crippen molar-refractivity contribution in [1.29, 1.82) is 0 Å². The Kier molecular flexibility index (Phi) is 8.82. The van der Waals surface area contributed by atoms with Crippen LogP contribution in [-0.2, 0) is 0 Å². The van der Waals surface area contributed by atoms with E-state index in [-0.39, 0.29) is 40.6 Å². The molecular weight excluding hydrogens is 584 g/mol. The summed E-state index contributed by atoms with van der Waals surface area (Å²) < 4.78 is 12.3. The average molecular weight is 617 g/mol. The topological polar surface area (TPSA) is 134 Å². The number of carbonyl (C=O) groups is 3. The van der Waals surface area contributed by atoms with E-state index in [4.69, 9.17) is 9.47 Å². The second-order valence-electron chi connectivity index (χ2n) is 11.2. The molecule has 0 aliphatic heterocycles. The van der Waals surface area contributed by atoms with Crippen LogP contribution in [0.4, 0.5) is 5.69 Å². The van der Waals surface area contributed by atoms with Gasteiger partial charge in [0.05, 0.1) is 22.9 Å². The first-order valence-electron chi connectivity index (χ1n) is 15.0. The minimum atomic E-state index is -1.12. The SMILES string of the molecule is O=C(Nc1ccccc1C(=O)O)c1ccc(Oc2ccc3cc(OC4CCC(NC(=O)c5ccccc5O)CC4)ccc3c2)cc1. The van der Waals surface area contributed by atoms with E-state index >= 15 is 0 Å². The van der Waals surface area contributed by atoms with Crippen LogP contribution >= 0.6 is 0 Å². The van der Waals surface area contributed by atoms with E-state index in [2.05, 4.69) is 10.6 Å². The van der Waals surface area contributed by atoms with Crippen molar-refractivity contribution in [2.75, 3.05) is 5.32 Å². The highest BCUT2D eigenvalue weighted by atomic mass is 16.5. The van der Waals surface area contributed by atoms with Gasteiger partial charge in [-0.25, -0.2) is 4.79 Å². The number of aromatic hydroxyl groups is 1. The summed E-state index contributed by atoms with van der Waals surface area (Å²) >= 11 is 0. The molecule has 9 heteroatoms. The molecular formula is C37H32N2O7. The minimum Gasteiger partial charge on any atom is -0.507 e. The molecule has 5 aromatic rings. The number of aromatic carboxylic acids is 1. The lowest BCUT2D eigenvalue weighted by atomic mass is 9.92. The standard InChI is InChI=1S/C37H32N2O7/c40-34-8-4-2-6-32(34)36(42)38-26-13-19-28(20-14-26)46-30-18-12-24-21-29(17-11-25(24)22-30)45-27-15-9-23(10-16-27)35(41)39-33-7-3-1-5-31(33)37(43)44/h1-12,15-18,21-22,26,28,40H,13-14,19-20H2,(H,38,42)(H,39,41)(H,43,44). The Morgan fingerprint density at radius 2 is 1.26 bits per heavy atom. The third-order valence-corrected chi connectivity index (χ3v) is 8.00. The molecule has 0 heterocycles. The van der Waals surface area contributed by atoms with Gasteiger partial charge in [-0.3, -0.25) is 9.59 Å². The number of ether oxygens (including phenoxy) is 2. The summed E-state index contributed by atoms with van der Waals surface area (Å²) in [6, 6.07) is 31.1. The summed E-state index contributed by atoms with van der Waals surface area (Å²) in [6.45, 7) is 0. The summed E-state index contributed by atoms with van der Waals surface area (Å²) in [4.78, 5) is 36.7. The zero-order valence-corrected chi connectivity index (χ0v) is 24.8. The number of carboxylic acid groups (broad SMARTS) is 1. The quantitative estimate of drug-likeness (QED) is 0.135. The van der Waals surface area contributed by atoms with Gasteiger partial charge in [-0.2, -0.15) is 0 Å². The Balaban J connectivity index is 1.02.